The van der Waals surface area contributed by atoms with Gasteiger partial charge in [-0.2, -0.15) is 4.68 Å². The molecule has 2 atom stereocenters. The van der Waals surface area contributed by atoms with Gasteiger partial charge >= 0.3 is 5.97 Å². The molecule has 0 bridgehead atoms. The Morgan fingerprint density at radius 1 is 1.03 bits per heavy atom. The fourth-order valence-corrected chi connectivity index (χ4v) is 4.07. The van der Waals surface area contributed by atoms with E-state index in [0.717, 1.165) is 21.9 Å². The van der Waals surface area contributed by atoms with E-state index in [1.807, 2.05) is 86.6 Å². The second-order valence-corrected chi connectivity index (χ2v) is 7.54. The lowest BCUT2D eigenvalue weighted by Gasteiger charge is -2.29. The fourth-order valence-electron chi connectivity index (χ4n) is 4.07. The highest BCUT2D eigenvalue weighted by Gasteiger charge is 2.36. The third kappa shape index (κ3) is 3.34. The summed E-state index contributed by atoms with van der Waals surface area (Å²) in [6, 6.07) is 23.3. The number of fused-ring (bicyclic) bond motifs is 2. The molecule has 0 spiro atoms. The number of tetrazole rings is 1. The van der Waals surface area contributed by atoms with E-state index in [1.165, 1.54) is 0 Å². The summed E-state index contributed by atoms with van der Waals surface area (Å²) in [5.41, 5.74) is 3.03. The summed E-state index contributed by atoms with van der Waals surface area (Å²) < 4.78 is 7.52. The Bertz CT molecular complexity index is 1290. The molecule has 1 aromatic heterocycles. The van der Waals surface area contributed by atoms with Gasteiger partial charge in [-0.15, -0.1) is 0 Å². The summed E-state index contributed by atoms with van der Waals surface area (Å²) in [5, 5.41) is 17.3. The third-order valence-corrected chi connectivity index (χ3v) is 5.60. The van der Waals surface area contributed by atoms with Crippen molar-refractivity contribution in [3.8, 4) is 0 Å². The van der Waals surface area contributed by atoms with Gasteiger partial charge < -0.3 is 10.1 Å². The molecule has 0 unspecified atom stereocenters. The molecule has 5 rings (SSSR count). The SMILES string of the molecule is CC1=C(C(=O)O[C@H](C)c2ccccc2)[C@H](c2cccc3ccccc23)n2nnnc2N1. The van der Waals surface area contributed by atoms with Gasteiger partial charge in [-0.1, -0.05) is 77.9 Å². The first-order valence-corrected chi connectivity index (χ1v) is 10.1. The Labute approximate surface area is 179 Å². The highest BCUT2D eigenvalue weighted by molar-refractivity contribution is 5.95. The molecule has 1 aliphatic heterocycles. The highest BCUT2D eigenvalue weighted by Crippen LogP contribution is 2.38. The van der Waals surface area contributed by atoms with Gasteiger partial charge in [0.05, 0.1) is 5.57 Å². The van der Waals surface area contributed by atoms with Crippen LogP contribution < -0.4 is 5.32 Å². The van der Waals surface area contributed by atoms with Crippen molar-refractivity contribution in [1.82, 2.24) is 20.2 Å². The van der Waals surface area contributed by atoms with Crippen LogP contribution in [0.25, 0.3) is 10.8 Å². The van der Waals surface area contributed by atoms with Crippen LogP contribution in [-0.4, -0.2) is 26.2 Å². The highest BCUT2D eigenvalue weighted by atomic mass is 16.5. The van der Waals surface area contributed by atoms with Crippen molar-refractivity contribution >= 4 is 22.7 Å². The Balaban J connectivity index is 1.60. The minimum atomic E-state index is -0.507. The van der Waals surface area contributed by atoms with Gasteiger partial charge in [0.2, 0.25) is 5.95 Å². The number of allylic oxidation sites excluding steroid dienone is 1. The van der Waals surface area contributed by atoms with Crippen LogP contribution in [0.5, 0.6) is 0 Å². The minimum absolute atomic E-state index is 0.391. The standard InChI is InChI=1S/C24H21N5O2/c1-15-21(23(30)31-16(2)17-9-4-3-5-10-17)22(29-24(25-15)26-27-28-29)20-14-8-12-18-11-6-7-13-19(18)20/h3-14,16,22H,1-2H3,(H,25,26,28)/t16-,22+/m1/s1. The molecule has 4 aromatic rings. The van der Waals surface area contributed by atoms with Crippen LogP contribution in [0.3, 0.4) is 0 Å². The van der Waals surface area contributed by atoms with E-state index in [0.29, 0.717) is 17.2 Å². The Morgan fingerprint density at radius 2 is 1.77 bits per heavy atom. The minimum Gasteiger partial charge on any atom is -0.454 e. The van der Waals surface area contributed by atoms with E-state index in [4.69, 9.17) is 4.74 Å². The number of ether oxygens (including phenoxy) is 1. The summed E-state index contributed by atoms with van der Waals surface area (Å²) >= 11 is 0. The number of hydrogen-bond donors (Lipinski definition) is 1. The topological polar surface area (TPSA) is 81.9 Å². The first-order valence-electron chi connectivity index (χ1n) is 10.1. The van der Waals surface area contributed by atoms with Crippen LogP contribution in [0.15, 0.2) is 84.1 Å². The third-order valence-electron chi connectivity index (χ3n) is 5.60. The molecular formula is C24H21N5O2. The van der Waals surface area contributed by atoms with E-state index in [9.17, 15) is 4.79 Å². The van der Waals surface area contributed by atoms with Gasteiger partial charge in [-0.25, -0.2) is 4.79 Å². The van der Waals surface area contributed by atoms with E-state index >= 15 is 0 Å². The Morgan fingerprint density at radius 3 is 2.61 bits per heavy atom. The van der Waals surface area contributed by atoms with Gasteiger partial charge in [-0.3, -0.25) is 0 Å². The monoisotopic (exact) mass is 411 g/mol. The van der Waals surface area contributed by atoms with Gasteiger partial charge in [0.25, 0.3) is 0 Å². The number of benzene rings is 3. The van der Waals surface area contributed by atoms with Crippen LogP contribution in [0.1, 0.15) is 37.1 Å². The maximum atomic E-state index is 13.4. The molecule has 2 heterocycles. The zero-order chi connectivity index (χ0) is 21.4. The van der Waals surface area contributed by atoms with E-state index in [2.05, 4.69) is 20.8 Å². The van der Waals surface area contributed by atoms with Crippen LogP contribution in [0.4, 0.5) is 5.95 Å². The molecule has 7 heteroatoms. The predicted molar refractivity (Wildman–Crippen MR) is 117 cm³/mol. The normalized spacial score (nSPS) is 16.5. The number of carbonyl (C=O) groups is 1. The molecule has 31 heavy (non-hydrogen) atoms. The average molecular weight is 411 g/mol. The van der Waals surface area contributed by atoms with Gasteiger partial charge in [0, 0.05) is 5.70 Å². The Hall–Kier alpha value is -4.00. The molecule has 0 radical (unpaired) electrons. The molecule has 7 nitrogen and oxygen atoms in total. The number of nitrogens with one attached hydrogen (secondary N) is 1. The number of aromatic nitrogens is 4. The molecular weight excluding hydrogens is 390 g/mol. The number of carbonyl (C=O) groups excluding carboxylic acids is 1. The zero-order valence-corrected chi connectivity index (χ0v) is 17.2. The lowest BCUT2D eigenvalue weighted by molar-refractivity contribution is -0.144. The van der Waals surface area contributed by atoms with E-state index < -0.39 is 18.1 Å². The van der Waals surface area contributed by atoms with Gasteiger partial charge in [-0.05, 0) is 46.2 Å². The summed E-state index contributed by atoms with van der Waals surface area (Å²) in [5.74, 6) is 0.0866. The summed E-state index contributed by atoms with van der Waals surface area (Å²) in [6.45, 7) is 3.72. The summed E-state index contributed by atoms with van der Waals surface area (Å²) in [4.78, 5) is 13.4. The lowest BCUT2D eigenvalue weighted by Crippen LogP contribution is -2.30. The number of rotatable bonds is 4. The maximum absolute atomic E-state index is 13.4. The zero-order valence-electron chi connectivity index (χ0n) is 17.2. The van der Waals surface area contributed by atoms with Gasteiger partial charge in [0.1, 0.15) is 12.1 Å². The van der Waals surface area contributed by atoms with Crippen LogP contribution in [0, 0.1) is 0 Å². The van der Waals surface area contributed by atoms with Crippen molar-refractivity contribution in [2.24, 2.45) is 0 Å². The molecule has 0 aliphatic carbocycles. The molecule has 1 N–H and O–H groups in total. The van der Waals surface area contributed by atoms with Crippen LogP contribution in [-0.2, 0) is 9.53 Å². The van der Waals surface area contributed by atoms with Crippen molar-refractivity contribution < 1.29 is 9.53 Å². The molecule has 3 aromatic carbocycles. The molecule has 0 saturated carbocycles. The molecule has 1 aliphatic rings. The number of nitrogens with zero attached hydrogens (tertiary/aromatic N) is 4. The molecule has 154 valence electrons. The predicted octanol–water partition coefficient (Wildman–Crippen LogP) is 4.42. The van der Waals surface area contributed by atoms with Gasteiger partial charge in [0.15, 0.2) is 0 Å². The van der Waals surface area contributed by atoms with Crippen LogP contribution >= 0.6 is 0 Å². The number of anilines is 1. The van der Waals surface area contributed by atoms with Crippen LogP contribution in [0.2, 0.25) is 0 Å². The second kappa shape index (κ2) is 7.68. The lowest BCUT2D eigenvalue weighted by atomic mass is 9.91. The van der Waals surface area contributed by atoms with Crippen molar-refractivity contribution in [2.45, 2.75) is 26.0 Å². The number of hydrogen-bond acceptors (Lipinski definition) is 6. The largest absolute Gasteiger partial charge is 0.454 e. The fraction of sp³-hybridized carbons (Fsp3) is 0.167. The first-order chi connectivity index (χ1) is 15.1. The average Bonchev–Trinajstić information content (AvgIpc) is 3.26. The summed E-state index contributed by atoms with van der Waals surface area (Å²) in [6.07, 6.45) is -0.391. The van der Waals surface area contributed by atoms with E-state index in [1.54, 1.807) is 4.68 Å². The van der Waals surface area contributed by atoms with Crippen molar-refractivity contribution in [3.63, 3.8) is 0 Å². The molecule has 0 amide bonds. The maximum Gasteiger partial charge on any atom is 0.338 e. The first kappa shape index (κ1) is 19.0. The van der Waals surface area contributed by atoms with Crippen molar-refractivity contribution in [1.29, 1.82) is 0 Å². The second-order valence-electron chi connectivity index (χ2n) is 7.54. The Kier molecular flexibility index (Phi) is 4.71. The summed E-state index contributed by atoms with van der Waals surface area (Å²) in [7, 11) is 0. The van der Waals surface area contributed by atoms with E-state index in [-0.39, 0.29) is 0 Å². The quantitative estimate of drug-likeness (QED) is 0.501. The molecule has 0 fully saturated rings. The number of esters is 1. The molecule has 0 saturated heterocycles. The smallest absolute Gasteiger partial charge is 0.338 e. The van der Waals surface area contributed by atoms with Crippen molar-refractivity contribution in [3.05, 3.63) is 95.2 Å². The van der Waals surface area contributed by atoms with Crippen molar-refractivity contribution in [2.75, 3.05) is 5.32 Å².